The maximum Gasteiger partial charge on any atom is 0.178 e. The van der Waals surface area contributed by atoms with Crippen molar-refractivity contribution in [3.05, 3.63) is 35.5 Å². The second kappa shape index (κ2) is 5.84. The van der Waals surface area contributed by atoms with E-state index in [9.17, 15) is 0 Å². The van der Waals surface area contributed by atoms with E-state index in [0.717, 1.165) is 23.6 Å². The Bertz CT molecular complexity index is 530. The molecule has 0 fully saturated rings. The molecule has 2 aromatic rings. The summed E-state index contributed by atoms with van der Waals surface area (Å²) in [5.41, 5.74) is 4.01. The van der Waals surface area contributed by atoms with E-state index >= 15 is 0 Å². The summed E-state index contributed by atoms with van der Waals surface area (Å²) in [7, 11) is 1.96. The number of nitrogens with one attached hydrogen (secondary N) is 1. The van der Waals surface area contributed by atoms with Crippen molar-refractivity contribution in [3.8, 4) is 11.5 Å². The highest BCUT2D eigenvalue weighted by atomic mass is 14.9. The zero-order chi connectivity index (χ0) is 13.8. The van der Waals surface area contributed by atoms with Crippen LogP contribution in [-0.4, -0.2) is 33.5 Å². The van der Waals surface area contributed by atoms with Crippen LogP contribution in [0.15, 0.2) is 18.6 Å². The van der Waals surface area contributed by atoms with Crippen LogP contribution in [0.1, 0.15) is 29.8 Å². The molecule has 100 valence electrons. The van der Waals surface area contributed by atoms with Gasteiger partial charge in [0.25, 0.3) is 0 Å². The van der Waals surface area contributed by atoms with Crippen molar-refractivity contribution in [2.24, 2.45) is 0 Å². The summed E-state index contributed by atoms with van der Waals surface area (Å²) in [5.74, 6) is 1.06. The predicted molar refractivity (Wildman–Crippen MR) is 74.9 cm³/mol. The van der Waals surface area contributed by atoms with Gasteiger partial charge in [0, 0.05) is 24.1 Å². The molecule has 2 heterocycles. The van der Waals surface area contributed by atoms with Gasteiger partial charge >= 0.3 is 0 Å². The van der Waals surface area contributed by atoms with E-state index in [1.54, 1.807) is 6.20 Å². The molecule has 5 nitrogen and oxygen atoms in total. The van der Waals surface area contributed by atoms with Gasteiger partial charge in [-0.05, 0) is 38.4 Å². The molecule has 0 amide bonds. The van der Waals surface area contributed by atoms with Crippen molar-refractivity contribution < 1.29 is 0 Å². The van der Waals surface area contributed by atoms with E-state index in [-0.39, 0.29) is 0 Å². The molecule has 1 N–H and O–H groups in total. The molecule has 0 aromatic carbocycles. The fraction of sp³-hybridized carbons (Fsp3) is 0.429. The second-order valence-electron chi connectivity index (χ2n) is 4.69. The first kappa shape index (κ1) is 13.5. The molecular formula is C14H19N5. The molecule has 0 aliphatic rings. The largest absolute Gasteiger partial charge is 0.319 e. The molecule has 1 unspecified atom stereocenters. The topological polar surface area (TPSA) is 63.6 Å². The van der Waals surface area contributed by atoms with Crippen LogP contribution in [0.2, 0.25) is 0 Å². The van der Waals surface area contributed by atoms with Crippen molar-refractivity contribution in [2.75, 3.05) is 13.6 Å². The smallest absolute Gasteiger partial charge is 0.178 e. The molecule has 2 rings (SSSR count). The lowest BCUT2D eigenvalue weighted by Gasteiger charge is -2.16. The number of hydrogen-bond acceptors (Lipinski definition) is 5. The number of rotatable bonds is 4. The first-order valence-corrected chi connectivity index (χ1v) is 6.39. The minimum atomic E-state index is 0.393. The molecule has 0 aliphatic heterocycles. The summed E-state index contributed by atoms with van der Waals surface area (Å²) < 4.78 is 0. The fourth-order valence-corrected chi connectivity index (χ4v) is 2.38. The zero-order valence-electron chi connectivity index (χ0n) is 11.8. The van der Waals surface area contributed by atoms with Gasteiger partial charge in [-0.25, -0.2) is 19.9 Å². The number of aryl methyl sites for hydroxylation is 2. The summed E-state index contributed by atoms with van der Waals surface area (Å²) in [4.78, 5) is 17.3. The molecule has 5 heteroatoms. The normalized spacial score (nSPS) is 12.4. The van der Waals surface area contributed by atoms with Crippen LogP contribution < -0.4 is 5.32 Å². The van der Waals surface area contributed by atoms with Crippen LogP contribution in [0.3, 0.4) is 0 Å². The molecule has 1 atom stereocenters. The van der Waals surface area contributed by atoms with Crippen molar-refractivity contribution >= 4 is 0 Å². The van der Waals surface area contributed by atoms with Crippen LogP contribution >= 0.6 is 0 Å². The van der Waals surface area contributed by atoms with Gasteiger partial charge in [0.2, 0.25) is 0 Å². The molecule has 0 bridgehead atoms. The van der Waals surface area contributed by atoms with E-state index in [1.165, 1.54) is 11.9 Å². The van der Waals surface area contributed by atoms with Gasteiger partial charge in [-0.3, -0.25) is 0 Å². The lowest BCUT2D eigenvalue weighted by molar-refractivity contribution is 0.662. The van der Waals surface area contributed by atoms with Crippen LogP contribution in [0.5, 0.6) is 0 Å². The summed E-state index contributed by atoms with van der Waals surface area (Å²) >= 11 is 0. The van der Waals surface area contributed by atoms with Crippen LogP contribution in [0.25, 0.3) is 11.5 Å². The molecule has 0 saturated carbocycles. The van der Waals surface area contributed by atoms with Gasteiger partial charge in [-0.1, -0.05) is 6.92 Å². The summed E-state index contributed by atoms with van der Waals surface area (Å²) in [6.07, 6.45) is 3.22. The third kappa shape index (κ3) is 2.93. The molecule has 2 aromatic heterocycles. The summed E-state index contributed by atoms with van der Waals surface area (Å²) in [6.45, 7) is 7.15. The lowest BCUT2D eigenvalue weighted by Crippen LogP contribution is -2.17. The number of hydrogen-bond donors (Lipinski definition) is 1. The van der Waals surface area contributed by atoms with Gasteiger partial charge in [0.05, 0.1) is 0 Å². The van der Waals surface area contributed by atoms with Crippen LogP contribution in [-0.2, 0) is 0 Å². The van der Waals surface area contributed by atoms with Gasteiger partial charge in [0.1, 0.15) is 12.0 Å². The Morgan fingerprint density at radius 1 is 1.21 bits per heavy atom. The zero-order valence-corrected chi connectivity index (χ0v) is 11.8. The Labute approximate surface area is 113 Å². The van der Waals surface area contributed by atoms with Gasteiger partial charge < -0.3 is 5.32 Å². The summed E-state index contributed by atoms with van der Waals surface area (Å²) in [5, 5.41) is 3.19. The SMILES string of the molecule is CNCC(C)c1c(C)nc(-c2ccncn2)nc1C. The molecule has 19 heavy (non-hydrogen) atoms. The van der Waals surface area contributed by atoms with Gasteiger partial charge in [0.15, 0.2) is 5.82 Å². The highest BCUT2D eigenvalue weighted by Crippen LogP contribution is 2.23. The minimum absolute atomic E-state index is 0.393. The van der Waals surface area contributed by atoms with E-state index in [0.29, 0.717) is 11.7 Å². The van der Waals surface area contributed by atoms with Crippen molar-refractivity contribution in [1.82, 2.24) is 25.3 Å². The minimum Gasteiger partial charge on any atom is -0.319 e. The number of likely N-dealkylation sites (N-methyl/N-ethyl adjacent to an activating group) is 1. The maximum absolute atomic E-state index is 4.58. The molecular weight excluding hydrogens is 238 g/mol. The van der Waals surface area contributed by atoms with Crippen LogP contribution in [0, 0.1) is 13.8 Å². The van der Waals surface area contributed by atoms with Gasteiger partial charge in [-0.2, -0.15) is 0 Å². The van der Waals surface area contributed by atoms with E-state index in [4.69, 9.17) is 0 Å². The number of aromatic nitrogens is 4. The Kier molecular flexibility index (Phi) is 4.16. The predicted octanol–water partition coefficient (Wildman–Crippen LogP) is 1.87. The highest BCUT2D eigenvalue weighted by Gasteiger charge is 2.15. The van der Waals surface area contributed by atoms with Crippen LogP contribution in [0.4, 0.5) is 0 Å². The third-order valence-electron chi connectivity index (χ3n) is 3.14. The van der Waals surface area contributed by atoms with Crippen molar-refractivity contribution in [1.29, 1.82) is 0 Å². The van der Waals surface area contributed by atoms with Crippen molar-refractivity contribution in [3.63, 3.8) is 0 Å². The quantitative estimate of drug-likeness (QED) is 0.906. The molecule has 0 radical (unpaired) electrons. The monoisotopic (exact) mass is 257 g/mol. The lowest BCUT2D eigenvalue weighted by atomic mass is 9.98. The first-order valence-electron chi connectivity index (χ1n) is 6.39. The molecule has 0 aliphatic carbocycles. The van der Waals surface area contributed by atoms with E-state index in [1.807, 2.05) is 27.0 Å². The average Bonchev–Trinajstić information content (AvgIpc) is 2.39. The standard InChI is InChI=1S/C14H19N5/c1-9(7-15-4)13-10(2)18-14(19-11(13)3)12-5-6-16-8-17-12/h5-6,8-9,15H,7H2,1-4H3. The Balaban J connectivity index is 2.42. The maximum atomic E-state index is 4.58. The van der Waals surface area contributed by atoms with E-state index < -0.39 is 0 Å². The second-order valence-corrected chi connectivity index (χ2v) is 4.69. The first-order chi connectivity index (χ1) is 9.13. The highest BCUT2D eigenvalue weighted by molar-refractivity contribution is 5.49. The van der Waals surface area contributed by atoms with Gasteiger partial charge in [-0.15, -0.1) is 0 Å². The Morgan fingerprint density at radius 2 is 1.89 bits per heavy atom. The average molecular weight is 257 g/mol. The Hall–Kier alpha value is -1.88. The third-order valence-corrected chi connectivity index (χ3v) is 3.14. The van der Waals surface area contributed by atoms with Crippen molar-refractivity contribution in [2.45, 2.75) is 26.7 Å². The number of nitrogens with zero attached hydrogens (tertiary/aromatic N) is 4. The molecule has 0 spiro atoms. The fourth-order valence-electron chi connectivity index (χ4n) is 2.38. The molecule has 0 saturated heterocycles. The van der Waals surface area contributed by atoms with E-state index in [2.05, 4.69) is 32.2 Å². The summed E-state index contributed by atoms with van der Waals surface area (Å²) in [6, 6.07) is 1.82. The Morgan fingerprint density at radius 3 is 2.42 bits per heavy atom.